The van der Waals surface area contributed by atoms with Crippen LogP contribution in [0.1, 0.15) is 24.3 Å². The highest BCUT2D eigenvalue weighted by atomic mass is 32.1. The number of hydrogen-bond acceptors (Lipinski definition) is 4. The van der Waals surface area contributed by atoms with Crippen molar-refractivity contribution in [2.75, 3.05) is 0 Å². The van der Waals surface area contributed by atoms with Crippen molar-refractivity contribution in [2.45, 2.75) is 19.3 Å². The van der Waals surface area contributed by atoms with Crippen LogP contribution < -0.4 is 0 Å². The highest BCUT2D eigenvalue weighted by Gasteiger charge is 2.41. The molecule has 44 heavy (non-hydrogen) atoms. The van der Waals surface area contributed by atoms with Gasteiger partial charge in [0.2, 0.25) is 0 Å². The van der Waals surface area contributed by atoms with Crippen LogP contribution in [0.15, 0.2) is 140 Å². The number of hydrogen-bond donors (Lipinski definition) is 0. The van der Waals surface area contributed by atoms with Gasteiger partial charge in [0, 0.05) is 37.4 Å². The topological polar surface area (TPSA) is 38.7 Å². The summed E-state index contributed by atoms with van der Waals surface area (Å²) in [6, 6.07) is 48.6. The third-order valence-corrected chi connectivity index (χ3v) is 10.1. The number of rotatable bonds is 5. The summed E-state index contributed by atoms with van der Waals surface area (Å²) in [6.45, 7) is 4.69. The Morgan fingerprint density at radius 2 is 0.932 bits per heavy atom. The molecule has 0 atom stereocenters. The molecule has 0 N–H and O–H groups in total. The first-order valence-electron chi connectivity index (χ1n) is 14.9. The van der Waals surface area contributed by atoms with Crippen molar-refractivity contribution < 1.29 is 0 Å². The van der Waals surface area contributed by atoms with E-state index in [2.05, 4.69) is 117 Å². The molecule has 0 radical (unpaired) electrons. The van der Waals surface area contributed by atoms with Gasteiger partial charge >= 0.3 is 0 Å². The quantitative estimate of drug-likeness (QED) is 0.202. The molecule has 0 spiro atoms. The normalized spacial score (nSPS) is 13.0. The van der Waals surface area contributed by atoms with Crippen LogP contribution >= 0.6 is 11.3 Å². The summed E-state index contributed by atoms with van der Waals surface area (Å²) in [5.41, 5.74) is 10.3. The van der Waals surface area contributed by atoms with Gasteiger partial charge in [0.25, 0.3) is 0 Å². The van der Waals surface area contributed by atoms with Gasteiger partial charge in [-0.2, -0.15) is 0 Å². The molecule has 0 fully saturated rings. The summed E-state index contributed by atoms with van der Waals surface area (Å²) in [4.78, 5) is 17.9. The van der Waals surface area contributed by atoms with Crippen molar-refractivity contribution >= 4 is 11.3 Å². The smallest absolute Gasteiger partial charge is 0.166 e. The van der Waals surface area contributed by atoms with E-state index in [-0.39, 0.29) is 5.41 Å². The van der Waals surface area contributed by atoms with E-state index < -0.39 is 0 Å². The third kappa shape index (κ3) is 4.38. The van der Waals surface area contributed by atoms with Crippen molar-refractivity contribution in [1.82, 2.24) is 15.0 Å². The lowest BCUT2D eigenvalue weighted by atomic mass is 9.85. The Balaban J connectivity index is 1.42. The van der Waals surface area contributed by atoms with E-state index in [0.29, 0.717) is 17.5 Å². The summed E-state index contributed by atoms with van der Waals surface area (Å²) >= 11 is 1.86. The zero-order valence-corrected chi connectivity index (χ0v) is 25.3. The van der Waals surface area contributed by atoms with Gasteiger partial charge in [-0.3, -0.25) is 0 Å². The van der Waals surface area contributed by atoms with Crippen molar-refractivity contribution in [1.29, 1.82) is 0 Å². The van der Waals surface area contributed by atoms with Crippen LogP contribution in [0.25, 0.3) is 66.9 Å². The first-order chi connectivity index (χ1) is 21.6. The minimum absolute atomic E-state index is 0.181. The molecular weight excluding hydrogens is 555 g/mol. The molecule has 0 unspecified atom stereocenters. The molecule has 0 saturated carbocycles. The van der Waals surface area contributed by atoms with Crippen molar-refractivity contribution in [2.24, 2.45) is 0 Å². The average molecular weight is 584 g/mol. The van der Waals surface area contributed by atoms with Gasteiger partial charge in [0.1, 0.15) is 0 Å². The molecule has 210 valence electrons. The number of benzene rings is 5. The number of nitrogens with zero attached hydrogens (tertiary/aromatic N) is 3. The molecule has 1 aliphatic carbocycles. The van der Waals surface area contributed by atoms with Crippen molar-refractivity contribution in [3.8, 4) is 66.9 Å². The Kier molecular flexibility index (Phi) is 6.32. The molecule has 2 heterocycles. The second-order valence-electron chi connectivity index (χ2n) is 11.7. The Bertz CT molecular complexity index is 2060. The van der Waals surface area contributed by atoms with Crippen LogP contribution in [-0.2, 0) is 5.41 Å². The summed E-state index contributed by atoms with van der Waals surface area (Å²) in [7, 11) is 0. The summed E-state index contributed by atoms with van der Waals surface area (Å²) in [5, 5.41) is 0. The van der Waals surface area contributed by atoms with E-state index >= 15 is 0 Å². The Morgan fingerprint density at radius 3 is 1.48 bits per heavy atom. The second-order valence-corrected chi connectivity index (χ2v) is 12.7. The zero-order chi connectivity index (χ0) is 29.7. The molecule has 0 amide bonds. The summed E-state index contributed by atoms with van der Waals surface area (Å²) in [6.07, 6.45) is 0. The standard InChI is InChI=1S/C40H29N3S/c1-40(2)32-25-30(26-15-7-3-8-16-26)23-24-31(32)33-34(35(44-36(33)40)27-17-9-4-10-18-27)39-42-37(28-19-11-5-12-20-28)41-38(43-39)29-21-13-6-14-22-29/h3-25H,1-2H3. The molecule has 5 aromatic carbocycles. The van der Waals surface area contributed by atoms with Gasteiger partial charge < -0.3 is 0 Å². The van der Waals surface area contributed by atoms with E-state index in [1.165, 1.54) is 43.1 Å². The summed E-state index contributed by atoms with van der Waals surface area (Å²) in [5.74, 6) is 2.04. The first kappa shape index (κ1) is 26.4. The molecule has 0 aliphatic heterocycles. The first-order valence-corrected chi connectivity index (χ1v) is 15.7. The van der Waals surface area contributed by atoms with Gasteiger partial charge in [0.05, 0.1) is 0 Å². The Hall–Kier alpha value is -5.19. The zero-order valence-electron chi connectivity index (χ0n) is 24.5. The Labute approximate surface area is 261 Å². The fourth-order valence-corrected chi connectivity index (χ4v) is 7.70. The molecule has 4 heteroatoms. The minimum Gasteiger partial charge on any atom is -0.208 e. The van der Waals surface area contributed by atoms with Crippen LogP contribution in [0.4, 0.5) is 0 Å². The van der Waals surface area contributed by atoms with Crippen LogP contribution in [0.3, 0.4) is 0 Å². The van der Waals surface area contributed by atoms with Crippen LogP contribution in [0.2, 0.25) is 0 Å². The van der Waals surface area contributed by atoms with Gasteiger partial charge in [-0.05, 0) is 33.9 Å². The molecule has 3 nitrogen and oxygen atoms in total. The minimum atomic E-state index is -0.181. The lowest BCUT2D eigenvalue weighted by molar-refractivity contribution is 0.674. The van der Waals surface area contributed by atoms with Crippen LogP contribution in [0.5, 0.6) is 0 Å². The predicted molar refractivity (Wildman–Crippen MR) is 182 cm³/mol. The Morgan fingerprint density at radius 1 is 0.455 bits per heavy atom. The molecular formula is C40H29N3S. The van der Waals surface area contributed by atoms with Crippen molar-refractivity contribution in [3.63, 3.8) is 0 Å². The maximum atomic E-state index is 5.21. The lowest BCUT2D eigenvalue weighted by Gasteiger charge is -2.21. The van der Waals surface area contributed by atoms with E-state index in [9.17, 15) is 0 Å². The molecule has 0 bridgehead atoms. The van der Waals surface area contributed by atoms with Crippen molar-refractivity contribution in [3.05, 3.63) is 150 Å². The SMILES string of the molecule is CC1(C)c2cc(-c3ccccc3)ccc2-c2c1sc(-c1ccccc1)c2-c1nc(-c2ccccc2)nc(-c2ccccc2)n1. The lowest BCUT2D eigenvalue weighted by Crippen LogP contribution is -2.13. The fraction of sp³-hybridized carbons (Fsp3) is 0.0750. The average Bonchev–Trinajstić information content (AvgIpc) is 3.60. The predicted octanol–water partition coefficient (Wildman–Crippen LogP) is 10.6. The highest BCUT2D eigenvalue weighted by Crippen LogP contribution is 2.59. The van der Waals surface area contributed by atoms with E-state index in [1.807, 2.05) is 47.7 Å². The summed E-state index contributed by atoms with van der Waals surface area (Å²) < 4.78 is 0. The molecule has 1 aliphatic rings. The van der Waals surface area contributed by atoms with E-state index in [0.717, 1.165) is 16.7 Å². The van der Waals surface area contributed by atoms with E-state index in [1.54, 1.807) is 0 Å². The highest BCUT2D eigenvalue weighted by molar-refractivity contribution is 7.17. The monoisotopic (exact) mass is 583 g/mol. The van der Waals surface area contributed by atoms with Crippen LogP contribution in [0, 0.1) is 0 Å². The number of thiophene rings is 1. The van der Waals surface area contributed by atoms with Gasteiger partial charge in [-0.15, -0.1) is 11.3 Å². The third-order valence-electron chi connectivity index (χ3n) is 8.50. The molecule has 8 rings (SSSR count). The van der Waals surface area contributed by atoms with E-state index in [4.69, 9.17) is 15.0 Å². The molecule has 2 aromatic heterocycles. The van der Waals surface area contributed by atoms with Crippen LogP contribution in [-0.4, -0.2) is 15.0 Å². The van der Waals surface area contributed by atoms with Gasteiger partial charge in [-0.25, -0.2) is 15.0 Å². The maximum Gasteiger partial charge on any atom is 0.166 e. The largest absolute Gasteiger partial charge is 0.208 e. The molecule has 0 saturated heterocycles. The van der Waals surface area contributed by atoms with Gasteiger partial charge in [0.15, 0.2) is 17.5 Å². The number of aromatic nitrogens is 3. The molecule has 7 aromatic rings. The van der Waals surface area contributed by atoms with Gasteiger partial charge in [-0.1, -0.05) is 147 Å². The fourth-order valence-electron chi connectivity index (χ4n) is 6.27. The second kappa shape index (κ2) is 10.5. The number of fused-ring (bicyclic) bond motifs is 3. The maximum absolute atomic E-state index is 5.21.